The van der Waals surface area contributed by atoms with Gasteiger partial charge in [0.1, 0.15) is 5.75 Å². The van der Waals surface area contributed by atoms with Crippen molar-refractivity contribution in [1.82, 2.24) is 20.2 Å². The molecule has 7 nitrogen and oxygen atoms in total. The first kappa shape index (κ1) is 15.0. The van der Waals surface area contributed by atoms with Crippen molar-refractivity contribution in [2.24, 2.45) is 0 Å². The van der Waals surface area contributed by atoms with Crippen LogP contribution in [0.1, 0.15) is 10.4 Å². The highest BCUT2D eigenvalue weighted by Crippen LogP contribution is 2.23. The van der Waals surface area contributed by atoms with E-state index < -0.39 is 0 Å². The predicted octanol–water partition coefficient (Wildman–Crippen LogP) is 1.93. The van der Waals surface area contributed by atoms with Gasteiger partial charge in [-0.15, -0.1) is 5.10 Å². The number of nitrogens with two attached hydrogens (primary N) is 1. The number of phenols is 1. The molecule has 3 aromatic rings. The van der Waals surface area contributed by atoms with Gasteiger partial charge in [0, 0.05) is 11.3 Å². The molecule has 2 aromatic carbocycles. The molecule has 0 radical (unpaired) electrons. The molecule has 0 aliphatic heterocycles. The van der Waals surface area contributed by atoms with Crippen LogP contribution in [0.25, 0.3) is 5.69 Å². The number of para-hydroxylation sites is 1. The minimum atomic E-state index is -0.203. The monoisotopic (exact) mass is 327 g/mol. The largest absolute Gasteiger partial charge is 0.508 e. The number of carbonyl (C=O) groups is 1. The minimum Gasteiger partial charge on any atom is -0.508 e. The number of hydrogen-bond donors (Lipinski definition) is 2. The van der Waals surface area contributed by atoms with E-state index in [4.69, 9.17) is 5.73 Å². The average Bonchev–Trinajstić information content (AvgIpc) is 3.04. The van der Waals surface area contributed by atoms with Crippen molar-refractivity contribution >= 4 is 23.2 Å². The van der Waals surface area contributed by atoms with Gasteiger partial charge in [-0.05, 0) is 40.8 Å². The molecule has 1 heterocycles. The van der Waals surface area contributed by atoms with Gasteiger partial charge in [-0.25, -0.2) is 0 Å². The summed E-state index contributed by atoms with van der Waals surface area (Å²) >= 11 is 1.21. The van der Waals surface area contributed by atoms with E-state index in [1.54, 1.807) is 4.68 Å². The quantitative estimate of drug-likeness (QED) is 0.319. The standard InChI is InChI=1S/C15H13N5O2S/c16-13-7-6-11(21)8-12(13)14(22)9-23-15-17-18-19-20(15)10-4-2-1-3-5-10/h1-8,21H,9,16H2. The van der Waals surface area contributed by atoms with Crippen LogP contribution in [0.5, 0.6) is 5.75 Å². The molecular formula is C15H13N5O2S. The predicted molar refractivity (Wildman–Crippen MR) is 86.7 cm³/mol. The van der Waals surface area contributed by atoms with Crippen LogP contribution < -0.4 is 5.73 Å². The topological polar surface area (TPSA) is 107 Å². The molecule has 0 aliphatic carbocycles. The SMILES string of the molecule is Nc1ccc(O)cc1C(=O)CSc1nnnn1-c1ccccc1. The van der Waals surface area contributed by atoms with Gasteiger partial charge in [0.2, 0.25) is 5.16 Å². The number of nitrogen functional groups attached to an aromatic ring is 1. The molecular weight excluding hydrogens is 314 g/mol. The molecule has 0 fully saturated rings. The Kier molecular flexibility index (Phi) is 4.24. The van der Waals surface area contributed by atoms with Crippen LogP contribution in [-0.4, -0.2) is 36.8 Å². The lowest BCUT2D eigenvalue weighted by Gasteiger charge is -2.06. The summed E-state index contributed by atoms with van der Waals surface area (Å²) in [5.41, 5.74) is 7.20. The first-order valence-electron chi connectivity index (χ1n) is 6.73. The Bertz CT molecular complexity index is 835. The summed E-state index contributed by atoms with van der Waals surface area (Å²) in [5.74, 6) is -0.0893. The van der Waals surface area contributed by atoms with E-state index in [2.05, 4.69) is 15.5 Å². The first-order chi connectivity index (χ1) is 11.1. The van der Waals surface area contributed by atoms with Crippen LogP contribution in [0.15, 0.2) is 53.7 Å². The number of Topliss-reactive ketones (excluding diaryl/α,β-unsaturated/α-hetero) is 1. The fourth-order valence-electron chi connectivity index (χ4n) is 1.99. The van der Waals surface area contributed by atoms with Crippen molar-refractivity contribution in [3.05, 3.63) is 54.1 Å². The number of hydrogen-bond acceptors (Lipinski definition) is 7. The van der Waals surface area contributed by atoms with Crippen LogP contribution >= 0.6 is 11.8 Å². The van der Waals surface area contributed by atoms with Crippen LogP contribution in [-0.2, 0) is 0 Å². The zero-order valence-electron chi connectivity index (χ0n) is 12.0. The summed E-state index contributed by atoms with van der Waals surface area (Å²) in [7, 11) is 0. The molecule has 1 aromatic heterocycles. The van der Waals surface area contributed by atoms with Gasteiger partial charge in [-0.3, -0.25) is 4.79 Å². The summed E-state index contributed by atoms with van der Waals surface area (Å²) < 4.78 is 1.56. The minimum absolute atomic E-state index is 0.00155. The normalized spacial score (nSPS) is 10.6. The Morgan fingerprint density at radius 3 is 2.78 bits per heavy atom. The average molecular weight is 327 g/mol. The van der Waals surface area contributed by atoms with Gasteiger partial charge in [0.05, 0.1) is 11.4 Å². The lowest BCUT2D eigenvalue weighted by Crippen LogP contribution is -2.07. The van der Waals surface area contributed by atoms with Gasteiger partial charge in [0.25, 0.3) is 0 Å². The Hall–Kier alpha value is -2.87. The lowest BCUT2D eigenvalue weighted by molar-refractivity contribution is 0.102. The third kappa shape index (κ3) is 3.32. The summed E-state index contributed by atoms with van der Waals surface area (Å²) in [6, 6.07) is 13.7. The van der Waals surface area contributed by atoms with Gasteiger partial charge >= 0.3 is 0 Å². The highest BCUT2D eigenvalue weighted by atomic mass is 32.2. The molecule has 116 valence electrons. The Morgan fingerprint density at radius 1 is 1.22 bits per heavy atom. The molecule has 0 spiro atoms. The molecule has 0 bridgehead atoms. The summed E-state index contributed by atoms with van der Waals surface area (Å²) in [6.07, 6.45) is 0. The number of aromatic nitrogens is 4. The van der Waals surface area contributed by atoms with E-state index >= 15 is 0 Å². The summed E-state index contributed by atoms with van der Waals surface area (Å²) in [5, 5.41) is 21.5. The number of thioether (sulfide) groups is 1. The van der Waals surface area contributed by atoms with Gasteiger partial charge in [0.15, 0.2) is 5.78 Å². The molecule has 23 heavy (non-hydrogen) atoms. The van der Waals surface area contributed by atoms with E-state index in [1.807, 2.05) is 30.3 Å². The molecule has 0 aliphatic rings. The number of benzene rings is 2. The maximum Gasteiger partial charge on any atom is 0.214 e. The van der Waals surface area contributed by atoms with Gasteiger partial charge < -0.3 is 10.8 Å². The van der Waals surface area contributed by atoms with Crippen molar-refractivity contribution in [3.8, 4) is 11.4 Å². The number of nitrogens with zero attached hydrogens (tertiary/aromatic N) is 4. The molecule has 0 saturated heterocycles. The van der Waals surface area contributed by atoms with Crippen LogP contribution in [0.3, 0.4) is 0 Å². The number of carbonyl (C=O) groups excluding carboxylic acids is 1. The summed E-state index contributed by atoms with van der Waals surface area (Å²) in [4.78, 5) is 12.3. The molecule has 3 N–H and O–H groups in total. The second-order valence-electron chi connectivity index (χ2n) is 4.69. The van der Waals surface area contributed by atoms with E-state index in [-0.39, 0.29) is 22.8 Å². The number of ketones is 1. The van der Waals surface area contributed by atoms with Crippen LogP contribution in [0, 0.1) is 0 Å². The summed E-state index contributed by atoms with van der Waals surface area (Å²) in [6.45, 7) is 0. The van der Waals surface area contributed by atoms with Crippen LogP contribution in [0.2, 0.25) is 0 Å². The lowest BCUT2D eigenvalue weighted by atomic mass is 10.1. The third-order valence-electron chi connectivity index (χ3n) is 3.11. The maximum atomic E-state index is 12.3. The van der Waals surface area contributed by atoms with Gasteiger partial charge in [-0.1, -0.05) is 30.0 Å². The molecule has 0 unspecified atom stereocenters. The second-order valence-corrected chi connectivity index (χ2v) is 5.63. The van der Waals surface area contributed by atoms with E-state index in [0.717, 1.165) is 5.69 Å². The fourth-order valence-corrected chi connectivity index (χ4v) is 2.77. The maximum absolute atomic E-state index is 12.3. The molecule has 3 rings (SSSR count). The molecule has 0 atom stereocenters. The van der Waals surface area contributed by atoms with Crippen molar-refractivity contribution in [2.45, 2.75) is 5.16 Å². The number of aromatic hydroxyl groups is 1. The molecule has 0 amide bonds. The zero-order chi connectivity index (χ0) is 16.2. The Labute approximate surface area is 136 Å². The van der Waals surface area contributed by atoms with Crippen molar-refractivity contribution in [2.75, 3.05) is 11.5 Å². The number of rotatable bonds is 5. The number of anilines is 1. The number of phenolic OH excluding ortho intramolecular Hbond substituents is 1. The van der Waals surface area contributed by atoms with Crippen molar-refractivity contribution in [1.29, 1.82) is 0 Å². The van der Waals surface area contributed by atoms with E-state index in [1.165, 1.54) is 30.0 Å². The smallest absolute Gasteiger partial charge is 0.214 e. The highest BCUT2D eigenvalue weighted by molar-refractivity contribution is 7.99. The molecule has 8 heteroatoms. The van der Waals surface area contributed by atoms with Crippen LogP contribution in [0.4, 0.5) is 5.69 Å². The zero-order valence-corrected chi connectivity index (χ0v) is 12.8. The fraction of sp³-hybridized carbons (Fsp3) is 0.0667. The molecule has 0 saturated carbocycles. The second kappa shape index (κ2) is 6.49. The van der Waals surface area contributed by atoms with Crippen molar-refractivity contribution < 1.29 is 9.90 Å². The van der Waals surface area contributed by atoms with Gasteiger partial charge in [-0.2, -0.15) is 4.68 Å². The van der Waals surface area contributed by atoms with E-state index in [0.29, 0.717) is 10.8 Å². The number of tetrazole rings is 1. The first-order valence-corrected chi connectivity index (χ1v) is 7.72. The van der Waals surface area contributed by atoms with Crippen molar-refractivity contribution in [3.63, 3.8) is 0 Å². The Balaban J connectivity index is 1.76. The third-order valence-corrected chi connectivity index (χ3v) is 4.03. The van der Waals surface area contributed by atoms with E-state index in [9.17, 15) is 9.90 Å². The Morgan fingerprint density at radius 2 is 2.00 bits per heavy atom. The highest BCUT2D eigenvalue weighted by Gasteiger charge is 2.15.